The summed E-state index contributed by atoms with van der Waals surface area (Å²) in [5, 5.41) is 3.29. The summed E-state index contributed by atoms with van der Waals surface area (Å²) >= 11 is 0. The summed E-state index contributed by atoms with van der Waals surface area (Å²) in [5.41, 5.74) is 0.823. The van der Waals surface area contributed by atoms with Crippen molar-refractivity contribution in [1.29, 1.82) is 0 Å². The molecule has 1 aromatic heterocycles. The van der Waals surface area contributed by atoms with Crippen molar-refractivity contribution in [3.05, 3.63) is 35.7 Å². The van der Waals surface area contributed by atoms with Gasteiger partial charge >= 0.3 is 6.18 Å². The summed E-state index contributed by atoms with van der Waals surface area (Å²) in [4.78, 5) is 17.3. The Morgan fingerprint density at radius 2 is 1.92 bits per heavy atom. The largest absolute Gasteiger partial charge is 0.396 e. The number of hydrogen-bond donors (Lipinski definition) is 0. The standard InChI is InChI=1S/C15H13F4N3O2/c16-6-9-7-22(8-9)14(23)11-3-1-10(2-4-11)13-20-12(21-24-13)5-15(17,18)19/h1-4,9H,5-8H2. The van der Waals surface area contributed by atoms with Crippen LogP contribution in [0.5, 0.6) is 0 Å². The van der Waals surface area contributed by atoms with Gasteiger partial charge in [-0.2, -0.15) is 18.2 Å². The van der Waals surface area contributed by atoms with Crippen LogP contribution in [0.2, 0.25) is 0 Å². The molecule has 1 fully saturated rings. The van der Waals surface area contributed by atoms with Crippen molar-refractivity contribution in [3.63, 3.8) is 0 Å². The number of carbonyl (C=O) groups is 1. The molecule has 1 amide bonds. The number of benzene rings is 1. The Morgan fingerprint density at radius 1 is 1.25 bits per heavy atom. The highest BCUT2D eigenvalue weighted by Crippen LogP contribution is 2.24. The predicted octanol–water partition coefficient (Wildman–Crippen LogP) is 2.88. The first-order chi connectivity index (χ1) is 11.4. The number of carbonyl (C=O) groups excluding carboxylic acids is 1. The van der Waals surface area contributed by atoms with Gasteiger partial charge in [0.25, 0.3) is 11.8 Å². The second-order valence-corrected chi connectivity index (χ2v) is 5.62. The molecule has 0 unspecified atom stereocenters. The Kier molecular flexibility index (Phi) is 4.25. The van der Waals surface area contributed by atoms with Gasteiger partial charge < -0.3 is 9.42 Å². The molecule has 0 aliphatic carbocycles. The number of nitrogens with zero attached hydrogens (tertiary/aromatic N) is 3. The third-order valence-corrected chi connectivity index (χ3v) is 3.67. The molecule has 0 atom stereocenters. The first-order valence-electron chi connectivity index (χ1n) is 7.21. The van der Waals surface area contributed by atoms with Crippen LogP contribution in [0.15, 0.2) is 28.8 Å². The van der Waals surface area contributed by atoms with Crippen molar-refractivity contribution in [3.8, 4) is 11.5 Å². The number of alkyl halides is 4. The maximum Gasteiger partial charge on any atom is 0.396 e. The summed E-state index contributed by atoms with van der Waals surface area (Å²) in [6.45, 7) is 0.337. The van der Waals surface area contributed by atoms with Gasteiger partial charge in [0, 0.05) is 30.1 Å². The van der Waals surface area contributed by atoms with Crippen LogP contribution in [-0.4, -0.2) is 46.9 Å². The molecule has 0 N–H and O–H groups in total. The van der Waals surface area contributed by atoms with Gasteiger partial charge in [-0.3, -0.25) is 9.18 Å². The van der Waals surface area contributed by atoms with Crippen molar-refractivity contribution in [2.24, 2.45) is 5.92 Å². The first kappa shape index (κ1) is 16.4. The number of likely N-dealkylation sites (tertiary alicyclic amines) is 1. The Hall–Kier alpha value is -2.45. The van der Waals surface area contributed by atoms with Gasteiger partial charge in [0.2, 0.25) is 0 Å². The molecule has 1 aromatic carbocycles. The van der Waals surface area contributed by atoms with Crippen LogP contribution < -0.4 is 0 Å². The molecule has 24 heavy (non-hydrogen) atoms. The molecule has 1 saturated heterocycles. The summed E-state index contributed by atoms with van der Waals surface area (Å²) < 4.78 is 54.0. The molecule has 128 valence electrons. The van der Waals surface area contributed by atoms with E-state index in [0.717, 1.165) is 0 Å². The molecule has 2 aromatic rings. The summed E-state index contributed by atoms with van der Waals surface area (Å²) in [6.07, 6.45) is -5.68. The molecule has 1 aliphatic rings. The van der Waals surface area contributed by atoms with Gasteiger partial charge in [-0.05, 0) is 24.3 Å². The monoisotopic (exact) mass is 343 g/mol. The van der Waals surface area contributed by atoms with Gasteiger partial charge in [0.05, 0.1) is 6.67 Å². The minimum absolute atomic E-state index is 0.0466. The van der Waals surface area contributed by atoms with E-state index in [2.05, 4.69) is 10.1 Å². The molecule has 0 bridgehead atoms. The fourth-order valence-corrected chi connectivity index (χ4v) is 2.39. The smallest absolute Gasteiger partial charge is 0.338 e. The highest BCUT2D eigenvalue weighted by atomic mass is 19.4. The average Bonchev–Trinajstić information content (AvgIpc) is 2.92. The number of hydrogen-bond acceptors (Lipinski definition) is 4. The van der Waals surface area contributed by atoms with E-state index < -0.39 is 25.1 Å². The van der Waals surface area contributed by atoms with Gasteiger partial charge in [-0.25, -0.2) is 0 Å². The van der Waals surface area contributed by atoms with Gasteiger partial charge in [0.1, 0.15) is 6.42 Å². The highest BCUT2D eigenvalue weighted by molar-refractivity contribution is 5.95. The lowest BCUT2D eigenvalue weighted by Gasteiger charge is -2.37. The SMILES string of the molecule is O=C(c1ccc(-c2nc(CC(F)(F)F)no2)cc1)N1CC(CF)C1. The second-order valence-electron chi connectivity index (χ2n) is 5.62. The van der Waals surface area contributed by atoms with E-state index in [1.165, 1.54) is 29.2 Å². The molecule has 9 heteroatoms. The molecule has 0 spiro atoms. The summed E-state index contributed by atoms with van der Waals surface area (Å²) in [7, 11) is 0. The van der Waals surface area contributed by atoms with E-state index in [0.29, 0.717) is 24.2 Å². The molecule has 0 radical (unpaired) electrons. The number of rotatable bonds is 4. The normalized spacial score (nSPS) is 15.4. The predicted molar refractivity (Wildman–Crippen MR) is 74.9 cm³/mol. The quantitative estimate of drug-likeness (QED) is 0.801. The Bertz CT molecular complexity index is 721. The zero-order valence-corrected chi connectivity index (χ0v) is 12.4. The highest BCUT2D eigenvalue weighted by Gasteiger charge is 2.32. The van der Waals surface area contributed by atoms with Gasteiger partial charge in [0.15, 0.2) is 5.82 Å². The van der Waals surface area contributed by atoms with Crippen LogP contribution in [0, 0.1) is 5.92 Å². The van der Waals surface area contributed by atoms with Crippen LogP contribution in [0.4, 0.5) is 17.6 Å². The second kappa shape index (κ2) is 6.21. The van der Waals surface area contributed by atoms with Crippen LogP contribution in [0.3, 0.4) is 0 Å². The lowest BCUT2D eigenvalue weighted by Crippen LogP contribution is -2.50. The topological polar surface area (TPSA) is 59.2 Å². The fraction of sp³-hybridized carbons (Fsp3) is 0.400. The van der Waals surface area contributed by atoms with Crippen LogP contribution >= 0.6 is 0 Å². The van der Waals surface area contributed by atoms with E-state index in [1.54, 1.807) is 0 Å². The summed E-state index contributed by atoms with van der Waals surface area (Å²) in [6, 6.07) is 6.08. The Labute approximate surface area is 134 Å². The minimum atomic E-state index is -4.41. The lowest BCUT2D eigenvalue weighted by atomic mass is 10.00. The minimum Gasteiger partial charge on any atom is -0.338 e. The molecule has 1 aliphatic heterocycles. The third-order valence-electron chi connectivity index (χ3n) is 3.67. The van der Waals surface area contributed by atoms with E-state index >= 15 is 0 Å². The van der Waals surface area contributed by atoms with Crippen molar-refractivity contribution < 1.29 is 26.9 Å². The van der Waals surface area contributed by atoms with Crippen molar-refractivity contribution in [2.45, 2.75) is 12.6 Å². The number of aromatic nitrogens is 2. The molecular weight excluding hydrogens is 330 g/mol. The first-order valence-corrected chi connectivity index (χ1v) is 7.21. The molecule has 2 heterocycles. The number of amides is 1. The number of halogens is 4. The van der Waals surface area contributed by atoms with Crippen molar-refractivity contribution >= 4 is 5.91 Å². The third kappa shape index (κ3) is 3.55. The van der Waals surface area contributed by atoms with E-state index in [-0.39, 0.29) is 17.7 Å². The Balaban J connectivity index is 1.67. The van der Waals surface area contributed by atoms with E-state index in [1.807, 2.05) is 0 Å². The van der Waals surface area contributed by atoms with Gasteiger partial charge in [-0.1, -0.05) is 5.16 Å². The van der Waals surface area contributed by atoms with E-state index in [4.69, 9.17) is 4.52 Å². The van der Waals surface area contributed by atoms with Crippen molar-refractivity contribution in [2.75, 3.05) is 19.8 Å². The Morgan fingerprint density at radius 3 is 2.50 bits per heavy atom. The lowest BCUT2D eigenvalue weighted by molar-refractivity contribution is -0.128. The van der Waals surface area contributed by atoms with Crippen LogP contribution in [-0.2, 0) is 6.42 Å². The molecule has 0 saturated carbocycles. The molecule has 3 rings (SSSR count). The van der Waals surface area contributed by atoms with E-state index in [9.17, 15) is 22.4 Å². The maximum atomic E-state index is 12.4. The molecule has 5 nitrogen and oxygen atoms in total. The zero-order chi connectivity index (χ0) is 17.3. The zero-order valence-electron chi connectivity index (χ0n) is 12.4. The average molecular weight is 343 g/mol. The summed E-state index contributed by atoms with van der Waals surface area (Å²) in [5.74, 6) is -0.807. The van der Waals surface area contributed by atoms with Crippen LogP contribution in [0.1, 0.15) is 16.2 Å². The van der Waals surface area contributed by atoms with Crippen LogP contribution in [0.25, 0.3) is 11.5 Å². The van der Waals surface area contributed by atoms with Gasteiger partial charge in [-0.15, -0.1) is 0 Å². The molecular formula is C15H13F4N3O2. The fourth-order valence-electron chi connectivity index (χ4n) is 2.39. The van der Waals surface area contributed by atoms with Crippen molar-refractivity contribution in [1.82, 2.24) is 15.0 Å². The maximum absolute atomic E-state index is 12.4.